The predicted octanol–water partition coefficient (Wildman–Crippen LogP) is 3.99. The second-order valence-electron chi connectivity index (χ2n) is 5.08. The van der Waals surface area contributed by atoms with Gasteiger partial charge in [0.25, 0.3) is 0 Å². The number of benzene rings is 1. The van der Waals surface area contributed by atoms with Gasteiger partial charge in [-0.25, -0.2) is 9.37 Å². The Kier molecular flexibility index (Phi) is 4.85. The lowest BCUT2D eigenvalue weighted by Crippen LogP contribution is -2.07. The summed E-state index contributed by atoms with van der Waals surface area (Å²) < 4.78 is 32.3. The van der Waals surface area contributed by atoms with Gasteiger partial charge in [0, 0.05) is 18.3 Å². The van der Waals surface area contributed by atoms with Gasteiger partial charge >= 0.3 is 0 Å². The summed E-state index contributed by atoms with van der Waals surface area (Å²) in [6.07, 6.45) is 0. The van der Waals surface area contributed by atoms with Crippen molar-refractivity contribution in [1.82, 2.24) is 10.3 Å². The average molecular weight is 292 g/mol. The van der Waals surface area contributed by atoms with Crippen LogP contribution in [0.25, 0.3) is 0 Å². The molecule has 1 aromatic heterocycles. The maximum atomic E-state index is 13.7. The molecule has 2 rings (SSSR count). The average Bonchev–Trinajstić information content (AvgIpc) is 2.44. The van der Waals surface area contributed by atoms with Crippen LogP contribution in [0.2, 0.25) is 0 Å². The van der Waals surface area contributed by atoms with Gasteiger partial charge in [-0.05, 0) is 36.7 Å². The number of pyridine rings is 1. The van der Waals surface area contributed by atoms with Crippen molar-refractivity contribution >= 4 is 0 Å². The normalized spacial score (nSPS) is 11.0. The first-order valence-electron chi connectivity index (χ1n) is 6.78. The minimum Gasteiger partial charge on any atom is -0.436 e. The molecule has 0 saturated carbocycles. The quantitative estimate of drug-likeness (QED) is 0.904. The zero-order valence-electron chi connectivity index (χ0n) is 12.3. The largest absolute Gasteiger partial charge is 0.436 e. The molecule has 0 spiro atoms. The van der Waals surface area contributed by atoms with Gasteiger partial charge in [-0.2, -0.15) is 4.39 Å². The van der Waals surface area contributed by atoms with Crippen molar-refractivity contribution in [1.29, 1.82) is 0 Å². The van der Waals surface area contributed by atoms with Gasteiger partial charge in [0.15, 0.2) is 11.6 Å². The summed E-state index contributed by atoms with van der Waals surface area (Å²) in [7, 11) is 1.84. The Morgan fingerprint density at radius 1 is 1.24 bits per heavy atom. The van der Waals surface area contributed by atoms with E-state index >= 15 is 0 Å². The topological polar surface area (TPSA) is 34.1 Å². The Morgan fingerprint density at radius 3 is 2.67 bits per heavy atom. The maximum absolute atomic E-state index is 13.7. The molecule has 112 valence electrons. The molecule has 0 fully saturated rings. The number of halogens is 2. The number of nitrogens with zero attached hydrogens (tertiary/aromatic N) is 1. The second-order valence-corrected chi connectivity index (χ2v) is 5.08. The molecule has 1 aromatic carbocycles. The Morgan fingerprint density at radius 2 is 2.00 bits per heavy atom. The molecule has 3 nitrogen and oxygen atoms in total. The van der Waals surface area contributed by atoms with E-state index < -0.39 is 11.6 Å². The smallest absolute Gasteiger partial charge is 0.219 e. The van der Waals surface area contributed by atoms with E-state index in [4.69, 9.17) is 4.74 Å². The third-order valence-electron chi connectivity index (χ3n) is 2.98. The van der Waals surface area contributed by atoms with Crippen LogP contribution in [0.3, 0.4) is 0 Å². The highest BCUT2D eigenvalue weighted by Crippen LogP contribution is 2.27. The van der Waals surface area contributed by atoms with Crippen LogP contribution in [0.4, 0.5) is 8.78 Å². The Balaban J connectivity index is 2.36. The van der Waals surface area contributed by atoms with Crippen LogP contribution in [0.15, 0.2) is 30.3 Å². The molecule has 0 unspecified atom stereocenters. The molecule has 5 heteroatoms. The molecule has 0 bridgehead atoms. The van der Waals surface area contributed by atoms with Gasteiger partial charge in [-0.1, -0.05) is 19.9 Å². The molecule has 21 heavy (non-hydrogen) atoms. The number of aromatic nitrogens is 1. The standard InChI is InChI=1S/C16H18F2N2O/c1-10(2)13-7-11(9-19-3)8-15(20-13)21-14-6-4-5-12(17)16(14)18/h4-8,10,19H,9H2,1-3H3. The molecule has 0 amide bonds. The first-order chi connectivity index (χ1) is 10.0. The molecule has 0 atom stereocenters. The SMILES string of the molecule is CNCc1cc(Oc2cccc(F)c2F)nc(C(C)C)c1. The van der Waals surface area contributed by atoms with Crippen LogP contribution < -0.4 is 10.1 Å². The molecular formula is C16H18F2N2O. The molecule has 0 aliphatic heterocycles. The lowest BCUT2D eigenvalue weighted by Gasteiger charge is -2.12. The summed E-state index contributed by atoms with van der Waals surface area (Å²) in [6, 6.07) is 7.50. The highest BCUT2D eigenvalue weighted by atomic mass is 19.2. The minimum absolute atomic E-state index is 0.168. The zero-order valence-corrected chi connectivity index (χ0v) is 12.3. The Labute approximate surface area is 123 Å². The van der Waals surface area contributed by atoms with Crippen molar-refractivity contribution in [3.63, 3.8) is 0 Å². The fourth-order valence-electron chi connectivity index (χ4n) is 1.91. The van der Waals surface area contributed by atoms with Crippen LogP contribution in [0, 0.1) is 11.6 Å². The molecule has 2 aromatic rings. The lowest BCUT2D eigenvalue weighted by molar-refractivity contribution is 0.403. The summed E-state index contributed by atoms with van der Waals surface area (Å²) in [5.74, 6) is -1.65. The van der Waals surface area contributed by atoms with E-state index in [0.29, 0.717) is 6.54 Å². The van der Waals surface area contributed by atoms with E-state index in [1.54, 1.807) is 6.07 Å². The number of ether oxygens (including phenoxy) is 1. The van der Waals surface area contributed by atoms with E-state index in [2.05, 4.69) is 10.3 Å². The van der Waals surface area contributed by atoms with Crippen molar-refractivity contribution in [3.8, 4) is 11.6 Å². The minimum atomic E-state index is -1.01. The van der Waals surface area contributed by atoms with Gasteiger partial charge in [0.2, 0.25) is 11.7 Å². The van der Waals surface area contributed by atoms with Gasteiger partial charge in [-0.15, -0.1) is 0 Å². The van der Waals surface area contributed by atoms with E-state index in [1.165, 1.54) is 12.1 Å². The number of nitrogens with one attached hydrogen (secondary N) is 1. The lowest BCUT2D eigenvalue weighted by atomic mass is 10.1. The Bertz CT molecular complexity index is 630. The summed E-state index contributed by atoms with van der Waals surface area (Å²) in [5, 5.41) is 3.04. The van der Waals surface area contributed by atoms with E-state index in [1.807, 2.05) is 27.0 Å². The van der Waals surface area contributed by atoms with Gasteiger partial charge in [0.05, 0.1) is 0 Å². The Hall–Kier alpha value is -2.01. The monoisotopic (exact) mass is 292 g/mol. The maximum Gasteiger partial charge on any atom is 0.219 e. The molecule has 0 aliphatic carbocycles. The summed E-state index contributed by atoms with van der Waals surface area (Å²) in [5.41, 5.74) is 1.82. The van der Waals surface area contributed by atoms with Crippen molar-refractivity contribution in [3.05, 3.63) is 53.2 Å². The van der Waals surface area contributed by atoms with Crippen molar-refractivity contribution < 1.29 is 13.5 Å². The summed E-state index contributed by atoms with van der Waals surface area (Å²) >= 11 is 0. The number of rotatable bonds is 5. The van der Waals surface area contributed by atoms with E-state index in [0.717, 1.165) is 17.3 Å². The van der Waals surface area contributed by atoms with Crippen LogP contribution in [0.5, 0.6) is 11.6 Å². The first kappa shape index (κ1) is 15.4. The first-order valence-corrected chi connectivity index (χ1v) is 6.78. The fraction of sp³-hybridized carbons (Fsp3) is 0.312. The number of hydrogen-bond acceptors (Lipinski definition) is 3. The third-order valence-corrected chi connectivity index (χ3v) is 2.98. The van der Waals surface area contributed by atoms with Gasteiger partial charge in [-0.3, -0.25) is 0 Å². The zero-order chi connectivity index (χ0) is 15.4. The van der Waals surface area contributed by atoms with E-state index in [-0.39, 0.29) is 17.5 Å². The molecule has 1 N–H and O–H groups in total. The highest BCUT2D eigenvalue weighted by molar-refractivity contribution is 5.33. The van der Waals surface area contributed by atoms with Crippen LogP contribution in [-0.4, -0.2) is 12.0 Å². The molecule has 0 aliphatic rings. The van der Waals surface area contributed by atoms with Crippen molar-refractivity contribution in [2.24, 2.45) is 0 Å². The van der Waals surface area contributed by atoms with Crippen LogP contribution >= 0.6 is 0 Å². The summed E-state index contributed by atoms with van der Waals surface area (Å²) in [6.45, 7) is 4.67. The summed E-state index contributed by atoms with van der Waals surface area (Å²) in [4.78, 5) is 4.34. The van der Waals surface area contributed by atoms with Crippen LogP contribution in [0.1, 0.15) is 31.0 Å². The van der Waals surface area contributed by atoms with Gasteiger partial charge in [0.1, 0.15) is 0 Å². The predicted molar refractivity (Wildman–Crippen MR) is 77.5 cm³/mol. The highest BCUT2D eigenvalue weighted by Gasteiger charge is 2.12. The third kappa shape index (κ3) is 3.76. The van der Waals surface area contributed by atoms with Crippen molar-refractivity contribution in [2.45, 2.75) is 26.3 Å². The molecule has 0 radical (unpaired) electrons. The molecular weight excluding hydrogens is 274 g/mol. The second kappa shape index (κ2) is 6.63. The molecule has 1 heterocycles. The molecule has 0 saturated heterocycles. The van der Waals surface area contributed by atoms with Crippen molar-refractivity contribution in [2.75, 3.05) is 7.05 Å². The van der Waals surface area contributed by atoms with Crippen LogP contribution in [-0.2, 0) is 6.54 Å². The fourth-order valence-corrected chi connectivity index (χ4v) is 1.91. The van der Waals surface area contributed by atoms with Gasteiger partial charge < -0.3 is 10.1 Å². The van der Waals surface area contributed by atoms with E-state index in [9.17, 15) is 8.78 Å². The number of hydrogen-bond donors (Lipinski definition) is 1.